The summed E-state index contributed by atoms with van der Waals surface area (Å²) < 4.78 is 6.40. The van der Waals surface area contributed by atoms with Crippen LogP contribution in [0.3, 0.4) is 0 Å². The van der Waals surface area contributed by atoms with E-state index in [0.717, 1.165) is 5.69 Å². The summed E-state index contributed by atoms with van der Waals surface area (Å²) in [5, 5.41) is 19.5. The number of ether oxygens (including phenoxy) is 1. The summed E-state index contributed by atoms with van der Waals surface area (Å²) in [6, 6.07) is 2.92. The quantitative estimate of drug-likeness (QED) is 0.832. The lowest BCUT2D eigenvalue weighted by molar-refractivity contribution is -0.136. The van der Waals surface area contributed by atoms with E-state index >= 15 is 0 Å². The number of fused-ring (bicyclic) bond motifs is 1. The van der Waals surface area contributed by atoms with Crippen LogP contribution in [0.25, 0.3) is 10.9 Å². The maximum Gasteiger partial charge on any atom is 0.341 e. The third-order valence-electron chi connectivity index (χ3n) is 3.47. The number of hydrogen-bond donors (Lipinski definition) is 2. The third kappa shape index (κ3) is 2.09. The van der Waals surface area contributed by atoms with Crippen molar-refractivity contribution in [2.24, 2.45) is 7.05 Å². The minimum absolute atomic E-state index is 0.0578. The Balaban J connectivity index is 2.75. The molecule has 0 aliphatic heterocycles. The first kappa shape index (κ1) is 13.9. The number of benzene rings is 1. The summed E-state index contributed by atoms with van der Waals surface area (Å²) >= 11 is 0. The van der Waals surface area contributed by atoms with Gasteiger partial charge in [-0.25, -0.2) is 4.79 Å². The van der Waals surface area contributed by atoms with Crippen LogP contribution >= 0.6 is 0 Å². The van der Waals surface area contributed by atoms with Crippen molar-refractivity contribution < 1.29 is 24.5 Å². The predicted molar refractivity (Wildman–Crippen MR) is 72.0 cm³/mol. The molecule has 0 spiro atoms. The number of aryl methyl sites for hydroxylation is 1. The molecule has 2 aromatic rings. The second-order valence-corrected chi connectivity index (χ2v) is 4.57. The molecule has 0 aliphatic rings. The number of carbonyl (C=O) groups is 2. The fourth-order valence-corrected chi connectivity index (χ4v) is 2.32. The number of phenolic OH excluding ortho intramolecular Hbond substituents is 1. The Kier molecular flexibility index (Phi) is 3.40. The van der Waals surface area contributed by atoms with Crippen LogP contribution in [-0.2, 0) is 23.0 Å². The standard InChI is InChI=1S/C14H15NO5/c1-7-8(6-13(17)18)9-5-12(16)10(14(19)20-3)4-11(9)15(7)2/h4-5,16H,6H2,1-3H3,(H,17,18). The van der Waals surface area contributed by atoms with Gasteiger partial charge in [-0.15, -0.1) is 0 Å². The number of esters is 1. The van der Waals surface area contributed by atoms with E-state index < -0.39 is 11.9 Å². The number of aliphatic carboxylic acids is 1. The summed E-state index contributed by atoms with van der Waals surface area (Å²) in [4.78, 5) is 22.5. The smallest absolute Gasteiger partial charge is 0.341 e. The maximum absolute atomic E-state index is 11.6. The maximum atomic E-state index is 11.6. The molecule has 0 amide bonds. The molecule has 1 aromatic carbocycles. The highest BCUT2D eigenvalue weighted by Crippen LogP contribution is 2.31. The van der Waals surface area contributed by atoms with Gasteiger partial charge < -0.3 is 19.5 Å². The van der Waals surface area contributed by atoms with Crippen molar-refractivity contribution in [2.75, 3.05) is 7.11 Å². The first-order valence-corrected chi connectivity index (χ1v) is 5.97. The van der Waals surface area contributed by atoms with Crippen molar-refractivity contribution in [1.29, 1.82) is 0 Å². The van der Waals surface area contributed by atoms with Crippen molar-refractivity contribution in [1.82, 2.24) is 4.57 Å². The van der Waals surface area contributed by atoms with Crippen LogP contribution in [0.4, 0.5) is 0 Å². The molecule has 106 valence electrons. The average molecular weight is 277 g/mol. The lowest BCUT2D eigenvalue weighted by atomic mass is 10.1. The number of nitrogens with zero attached hydrogens (tertiary/aromatic N) is 1. The number of carboxylic acid groups (broad SMARTS) is 1. The van der Waals surface area contributed by atoms with Gasteiger partial charge in [-0.3, -0.25) is 4.79 Å². The second kappa shape index (κ2) is 4.88. The fraction of sp³-hybridized carbons (Fsp3) is 0.286. The topological polar surface area (TPSA) is 88.8 Å². The zero-order valence-corrected chi connectivity index (χ0v) is 11.4. The van der Waals surface area contributed by atoms with Gasteiger partial charge in [0, 0.05) is 23.6 Å². The molecule has 6 nitrogen and oxygen atoms in total. The molecule has 0 saturated carbocycles. The van der Waals surface area contributed by atoms with Gasteiger partial charge in [0.25, 0.3) is 0 Å². The Labute approximate surface area is 115 Å². The molecule has 0 unspecified atom stereocenters. The largest absolute Gasteiger partial charge is 0.507 e. The van der Waals surface area contributed by atoms with E-state index in [-0.39, 0.29) is 17.7 Å². The minimum atomic E-state index is -0.947. The highest BCUT2D eigenvalue weighted by atomic mass is 16.5. The Morgan fingerprint density at radius 2 is 2.00 bits per heavy atom. The fourth-order valence-electron chi connectivity index (χ4n) is 2.32. The molecule has 1 heterocycles. The Morgan fingerprint density at radius 3 is 2.55 bits per heavy atom. The number of methoxy groups -OCH3 is 1. The number of hydrogen-bond acceptors (Lipinski definition) is 4. The van der Waals surface area contributed by atoms with Crippen molar-refractivity contribution >= 4 is 22.8 Å². The average Bonchev–Trinajstić information content (AvgIpc) is 2.61. The van der Waals surface area contributed by atoms with Crippen LogP contribution in [0.15, 0.2) is 12.1 Å². The number of aromatic nitrogens is 1. The van der Waals surface area contributed by atoms with E-state index in [4.69, 9.17) is 5.11 Å². The molecule has 1 aromatic heterocycles. The lowest BCUT2D eigenvalue weighted by Gasteiger charge is -2.04. The van der Waals surface area contributed by atoms with Gasteiger partial charge in [-0.1, -0.05) is 0 Å². The number of phenols is 1. The van der Waals surface area contributed by atoms with Crippen LogP contribution in [0.5, 0.6) is 5.75 Å². The highest BCUT2D eigenvalue weighted by Gasteiger charge is 2.19. The van der Waals surface area contributed by atoms with Crippen LogP contribution < -0.4 is 0 Å². The molecule has 0 saturated heterocycles. The molecule has 6 heteroatoms. The molecule has 20 heavy (non-hydrogen) atoms. The molecule has 2 rings (SSSR count). The van der Waals surface area contributed by atoms with E-state index in [1.807, 2.05) is 0 Å². The predicted octanol–water partition coefficient (Wildman–Crippen LogP) is 1.61. The first-order valence-electron chi connectivity index (χ1n) is 5.97. The molecular formula is C14H15NO5. The van der Waals surface area contributed by atoms with E-state index in [9.17, 15) is 14.7 Å². The van der Waals surface area contributed by atoms with Gasteiger partial charge in [-0.2, -0.15) is 0 Å². The molecule has 0 fully saturated rings. The SMILES string of the molecule is COC(=O)c1cc2c(cc1O)c(CC(=O)O)c(C)n2C. The number of carboxylic acids is 1. The van der Waals surface area contributed by atoms with Crippen molar-refractivity contribution in [3.8, 4) is 5.75 Å². The van der Waals surface area contributed by atoms with Gasteiger partial charge in [-0.05, 0) is 24.6 Å². The monoisotopic (exact) mass is 277 g/mol. The lowest BCUT2D eigenvalue weighted by Crippen LogP contribution is -2.02. The zero-order chi connectivity index (χ0) is 15.0. The summed E-state index contributed by atoms with van der Waals surface area (Å²) in [6.07, 6.45) is -0.139. The summed E-state index contributed by atoms with van der Waals surface area (Å²) in [6.45, 7) is 1.80. The van der Waals surface area contributed by atoms with Crippen LogP contribution in [0.2, 0.25) is 0 Å². The van der Waals surface area contributed by atoms with E-state index in [0.29, 0.717) is 16.5 Å². The van der Waals surface area contributed by atoms with Gasteiger partial charge >= 0.3 is 11.9 Å². The van der Waals surface area contributed by atoms with Crippen LogP contribution in [0.1, 0.15) is 21.6 Å². The van der Waals surface area contributed by atoms with Gasteiger partial charge in [0.15, 0.2) is 0 Å². The molecule has 0 radical (unpaired) electrons. The Hall–Kier alpha value is -2.50. The van der Waals surface area contributed by atoms with Crippen LogP contribution in [0, 0.1) is 6.92 Å². The minimum Gasteiger partial charge on any atom is -0.507 e. The van der Waals surface area contributed by atoms with Crippen molar-refractivity contribution in [3.63, 3.8) is 0 Å². The molecule has 2 N–H and O–H groups in total. The number of carbonyl (C=O) groups excluding carboxylic acids is 1. The normalized spacial score (nSPS) is 10.8. The van der Waals surface area contributed by atoms with Crippen LogP contribution in [-0.4, -0.2) is 33.8 Å². The third-order valence-corrected chi connectivity index (χ3v) is 3.47. The first-order chi connectivity index (χ1) is 9.36. The van der Waals surface area contributed by atoms with E-state index in [1.54, 1.807) is 18.5 Å². The van der Waals surface area contributed by atoms with Gasteiger partial charge in [0.05, 0.1) is 13.5 Å². The Morgan fingerprint density at radius 1 is 1.35 bits per heavy atom. The molecule has 0 bridgehead atoms. The number of rotatable bonds is 3. The van der Waals surface area contributed by atoms with Crippen molar-refractivity contribution in [3.05, 3.63) is 29.0 Å². The van der Waals surface area contributed by atoms with E-state index in [2.05, 4.69) is 4.74 Å². The van der Waals surface area contributed by atoms with E-state index in [1.165, 1.54) is 19.2 Å². The Bertz CT molecular complexity index is 714. The van der Waals surface area contributed by atoms with Gasteiger partial charge in [0.2, 0.25) is 0 Å². The summed E-state index contributed by atoms with van der Waals surface area (Å²) in [5.74, 6) is -1.80. The molecular weight excluding hydrogens is 262 g/mol. The van der Waals surface area contributed by atoms with Gasteiger partial charge in [0.1, 0.15) is 11.3 Å². The molecule has 0 atom stereocenters. The number of aromatic hydroxyl groups is 1. The van der Waals surface area contributed by atoms with Crippen molar-refractivity contribution in [2.45, 2.75) is 13.3 Å². The zero-order valence-electron chi connectivity index (χ0n) is 11.4. The summed E-state index contributed by atoms with van der Waals surface area (Å²) in [5.41, 5.74) is 2.14. The molecule has 0 aliphatic carbocycles. The highest BCUT2D eigenvalue weighted by molar-refractivity contribution is 5.99. The second-order valence-electron chi connectivity index (χ2n) is 4.57. The summed E-state index contributed by atoms with van der Waals surface area (Å²) in [7, 11) is 3.01.